The van der Waals surface area contributed by atoms with Crippen molar-refractivity contribution in [3.63, 3.8) is 0 Å². The highest BCUT2D eigenvalue weighted by Gasteiger charge is 2.34. The normalized spacial score (nSPS) is 16.4. The van der Waals surface area contributed by atoms with Crippen LogP contribution in [0.1, 0.15) is 28.2 Å². The second-order valence-electron chi connectivity index (χ2n) is 9.30. The molecular weight excluding hydrogens is 532 g/mol. The number of aryl methyl sites for hydroxylation is 1. The standard InChI is InChI=1S/C27H24N8O4S/c1-3-21(36)34-13-5-6-16(14-34)31-25(37)24-23-22-18(10-12-28-26(22)40-24)35(27(38)32-23)17-8-9-19(30-15(17)2)39-20-7-4-11-29-33-20/h3-4,7-12,16H,1,5-6,13-14H2,2H3,(H,31,37)(H,32,38). The number of nitrogens with one attached hydrogen (secondary N) is 2. The van der Waals surface area contributed by atoms with E-state index in [1.807, 2.05) is 0 Å². The van der Waals surface area contributed by atoms with Crippen molar-refractivity contribution in [3.8, 4) is 11.8 Å². The third-order valence-corrected chi connectivity index (χ3v) is 7.82. The molecule has 1 unspecified atom stereocenters. The number of aromatic nitrogens is 4. The van der Waals surface area contributed by atoms with Crippen LogP contribution in [0.5, 0.6) is 11.8 Å². The average molecular weight is 557 g/mol. The Morgan fingerprint density at radius 3 is 2.85 bits per heavy atom. The van der Waals surface area contributed by atoms with Crippen LogP contribution in [-0.2, 0) is 4.79 Å². The minimum atomic E-state index is -0.430. The van der Waals surface area contributed by atoms with E-state index < -0.39 is 6.03 Å². The fourth-order valence-electron chi connectivity index (χ4n) is 4.93. The van der Waals surface area contributed by atoms with E-state index in [1.165, 1.54) is 22.3 Å². The fourth-order valence-corrected chi connectivity index (χ4v) is 5.95. The second kappa shape index (κ2) is 10.3. The Morgan fingerprint density at radius 1 is 1.20 bits per heavy atom. The lowest BCUT2D eigenvalue weighted by atomic mass is 10.1. The number of rotatable bonds is 6. The summed E-state index contributed by atoms with van der Waals surface area (Å²) in [5.41, 5.74) is 2.11. The number of likely N-dealkylation sites (tertiary alicyclic amines) is 1. The first-order valence-corrected chi connectivity index (χ1v) is 13.4. The Morgan fingerprint density at radius 2 is 2.08 bits per heavy atom. The zero-order valence-electron chi connectivity index (χ0n) is 21.5. The summed E-state index contributed by atoms with van der Waals surface area (Å²) >= 11 is 1.21. The maximum absolute atomic E-state index is 13.5. The highest BCUT2D eigenvalue weighted by Crippen LogP contribution is 2.46. The fraction of sp³-hybridized carbons (Fsp3) is 0.222. The molecule has 13 heteroatoms. The summed E-state index contributed by atoms with van der Waals surface area (Å²) in [6.07, 6.45) is 5.96. The molecule has 0 spiro atoms. The molecule has 1 saturated heterocycles. The predicted octanol–water partition coefficient (Wildman–Crippen LogP) is 4.17. The largest absolute Gasteiger partial charge is 0.419 e. The Hall–Kier alpha value is -4.91. The smallest absolute Gasteiger partial charge is 0.331 e. The van der Waals surface area contributed by atoms with Crippen molar-refractivity contribution in [1.82, 2.24) is 30.4 Å². The van der Waals surface area contributed by atoms with Gasteiger partial charge >= 0.3 is 6.03 Å². The van der Waals surface area contributed by atoms with Crippen LogP contribution in [0.4, 0.5) is 21.9 Å². The Kier molecular flexibility index (Phi) is 6.56. The molecule has 4 aromatic heterocycles. The van der Waals surface area contributed by atoms with Gasteiger partial charge in [-0.3, -0.25) is 14.5 Å². The molecule has 40 heavy (non-hydrogen) atoms. The van der Waals surface area contributed by atoms with Crippen molar-refractivity contribution >= 4 is 56.5 Å². The van der Waals surface area contributed by atoms with Crippen LogP contribution in [0.3, 0.4) is 0 Å². The van der Waals surface area contributed by atoms with Crippen LogP contribution < -0.4 is 20.3 Å². The summed E-state index contributed by atoms with van der Waals surface area (Å²) in [6, 6.07) is 7.86. The molecule has 1 fully saturated rings. The van der Waals surface area contributed by atoms with Crippen molar-refractivity contribution in [2.75, 3.05) is 23.3 Å². The van der Waals surface area contributed by atoms with E-state index in [0.29, 0.717) is 62.7 Å². The first kappa shape index (κ1) is 25.4. The molecule has 0 aromatic carbocycles. The molecule has 4 amide bonds. The first-order chi connectivity index (χ1) is 19.4. The number of piperidine rings is 1. The molecule has 0 aliphatic carbocycles. The molecule has 0 bridgehead atoms. The number of ether oxygens (including phenoxy) is 1. The Balaban J connectivity index is 1.29. The van der Waals surface area contributed by atoms with Crippen LogP contribution in [0.2, 0.25) is 0 Å². The zero-order valence-corrected chi connectivity index (χ0v) is 22.3. The quantitative estimate of drug-likeness (QED) is 0.337. The number of hydrogen-bond donors (Lipinski definition) is 2. The number of carbonyl (C=O) groups excluding carboxylic acids is 3. The molecule has 6 rings (SSSR count). The summed E-state index contributed by atoms with van der Waals surface area (Å²) in [4.78, 5) is 52.1. The maximum atomic E-state index is 13.5. The van der Waals surface area contributed by atoms with E-state index in [9.17, 15) is 14.4 Å². The van der Waals surface area contributed by atoms with Gasteiger partial charge in [0.1, 0.15) is 9.71 Å². The minimum Gasteiger partial charge on any atom is -0.419 e. The van der Waals surface area contributed by atoms with Crippen molar-refractivity contribution < 1.29 is 19.1 Å². The number of urea groups is 1. The molecular formula is C27H24N8O4S. The molecule has 0 saturated carbocycles. The van der Waals surface area contributed by atoms with Crippen LogP contribution in [-0.4, -0.2) is 62.0 Å². The monoisotopic (exact) mass is 556 g/mol. The highest BCUT2D eigenvalue weighted by atomic mass is 32.1. The number of nitrogens with zero attached hydrogens (tertiary/aromatic N) is 6. The molecule has 12 nitrogen and oxygen atoms in total. The van der Waals surface area contributed by atoms with Gasteiger partial charge in [0.25, 0.3) is 5.91 Å². The summed E-state index contributed by atoms with van der Waals surface area (Å²) in [6.45, 7) is 6.36. The van der Waals surface area contributed by atoms with Crippen LogP contribution in [0.15, 0.2) is 55.4 Å². The summed E-state index contributed by atoms with van der Waals surface area (Å²) < 4.78 is 5.68. The van der Waals surface area contributed by atoms with E-state index in [1.54, 1.807) is 54.5 Å². The van der Waals surface area contributed by atoms with Gasteiger partial charge < -0.3 is 20.3 Å². The summed E-state index contributed by atoms with van der Waals surface area (Å²) in [7, 11) is 0. The lowest BCUT2D eigenvalue weighted by Gasteiger charge is -2.32. The van der Waals surface area contributed by atoms with Gasteiger partial charge in [-0.25, -0.2) is 14.8 Å². The molecule has 4 aromatic rings. The average Bonchev–Trinajstić information content (AvgIpc) is 3.33. The first-order valence-electron chi connectivity index (χ1n) is 12.6. The zero-order chi connectivity index (χ0) is 27.8. The van der Waals surface area contributed by atoms with Crippen LogP contribution in [0.25, 0.3) is 10.2 Å². The number of pyridine rings is 2. The molecule has 6 heterocycles. The van der Waals surface area contributed by atoms with Crippen LogP contribution in [0, 0.1) is 6.92 Å². The van der Waals surface area contributed by atoms with Gasteiger partial charge in [0, 0.05) is 43.7 Å². The molecule has 2 N–H and O–H groups in total. The number of thiophene rings is 1. The van der Waals surface area contributed by atoms with Crippen molar-refractivity contribution in [2.45, 2.75) is 25.8 Å². The molecule has 202 valence electrons. The van der Waals surface area contributed by atoms with Crippen molar-refractivity contribution in [3.05, 3.63) is 66.0 Å². The Labute approximate surface area is 232 Å². The predicted molar refractivity (Wildman–Crippen MR) is 149 cm³/mol. The van der Waals surface area contributed by atoms with Gasteiger partial charge in [0.05, 0.1) is 28.1 Å². The van der Waals surface area contributed by atoms with Gasteiger partial charge in [-0.2, -0.15) is 5.10 Å². The van der Waals surface area contributed by atoms with Gasteiger partial charge in [0.2, 0.25) is 17.7 Å². The highest BCUT2D eigenvalue weighted by molar-refractivity contribution is 7.21. The van der Waals surface area contributed by atoms with E-state index in [4.69, 9.17) is 4.74 Å². The maximum Gasteiger partial charge on any atom is 0.331 e. The molecule has 2 aliphatic heterocycles. The number of amides is 4. The van der Waals surface area contributed by atoms with E-state index >= 15 is 0 Å². The van der Waals surface area contributed by atoms with E-state index in [0.717, 1.165) is 12.8 Å². The van der Waals surface area contributed by atoms with E-state index in [2.05, 4.69) is 37.4 Å². The number of carbonyl (C=O) groups is 3. The number of anilines is 3. The van der Waals surface area contributed by atoms with Crippen LogP contribution >= 0.6 is 11.3 Å². The van der Waals surface area contributed by atoms with E-state index in [-0.39, 0.29) is 17.9 Å². The third kappa shape index (κ3) is 4.60. The molecule has 0 radical (unpaired) electrons. The van der Waals surface area contributed by atoms with Crippen molar-refractivity contribution in [2.24, 2.45) is 0 Å². The summed E-state index contributed by atoms with van der Waals surface area (Å²) in [5, 5.41) is 14.3. The van der Waals surface area contributed by atoms with Gasteiger partial charge in [-0.15, -0.1) is 16.4 Å². The molecule has 1 atom stereocenters. The van der Waals surface area contributed by atoms with Gasteiger partial charge in [-0.05, 0) is 44.0 Å². The summed E-state index contributed by atoms with van der Waals surface area (Å²) in [5.74, 6) is 0.134. The third-order valence-electron chi connectivity index (χ3n) is 6.73. The van der Waals surface area contributed by atoms with Gasteiger partial charge in [0.15, 0.2) is 0 Å². The lowest BCUT2D eigenvalue weighted by molar-refractivity contribution is -0.127. The number of hydrogen-bond acceptors (Lipinski definition) is 9. The SMILES string of the molecule is C=CC(=O)N1CCCC(NC(=O)c2sc3nccc4c3c2NC(=O)N4c2ccc(Oc3cccnn3)nc2C)C1. The lowest BCUT2D eigenvalue weighted by Crippen LogP contribution is -2.49. The molecule has 2 aliphatic rings. The second-order valence-corrected chi connectivity index (χ2v) is 10.3. The van der Waals surface area contributed by atoms with Crippen molar-refractivity contribution in [1.29, 1.82) is 0 Å². The minimum absolute atomic E-state index is 0.157. The van der Waals surface area contributed by atoms with Gasteiger partial charge in [-0.1, -0.05) is 6.58 Å². The topological polar surface area (TPSA) is 143 Å². The Bertz CT molecular complexity index is 1660.